The molecule has 146 valence electrons. The van der Waals surface area contributed by atoms with E-state index < -0.39 is 0 Å². The molecular formula is C22H25N3O2S. The van der Waals surface area contributed by atoms with Crippen molar-refractivity contribution in [2.75, 3.05) is 26.2 Å². The molecule has 5 nitrogen and oxygen atoms in total. The second-order valence-corrected chi connectivity index (χ2v) is 8.24. The van der Waals surface area contributed by atoms with Gasteiger partial charge in [-0.3, -0.25) is 9.69 Å². The van der Waals surface area contributed by atoms with Crippen molar-refractivity contribution in [3.8, 4) is 11.3 Å². The number of hydrogen-bond donors (Lipinski definition) is 0. The molecule has 6 heteroatoms. The predicted molar refractivity (Wildman–Crippen MR) is 111 cm³/mol. The lowest BCUT2D eigenvalue weighted by Crippen LogP contribution is -2.36. The highest BCUT2D eigenvalue weighted by molar-refractivity contribution is 7.09. The molecule has 0 spiro atoms. The normalized spacial score (nSPS) is 15.5. The lowest BCUT2D eigenvalue weighted by Gasteiger charge is -2.22. The fourth-order valence-corrected chi connectivity index (χ4v) is 4.32. The number of aromatic nitrogens is 1. The van der Waals surface area contributed by atoms with E-state index >= 15 is 0 Å². The van der Waals surface area contributed by atoms with E-state index in [-0.39, 0.29) is 5.91 Å². The quantitative estimate of drug-likeness (QED) is 0.655. The van der Waals surface area contributed by atoms with Crippen LogP contribution in [0.2, 0.25) is 0 Å². The summed E-state index contributed by atoms with van der Waals surface area (Å²) in [5.41, 5.74) is 3.29. The molecule has 3 aromatic rings. The molecule has 1 aliphatic heterocycles. The first-order chi connectivity index (χ1) is 13.7. The number of nitrogens with zero attached hydrogens (tertiary/aromatic N) is 3. The molecule has 4 rings (SSSR count). The van der Waals surface area contributed by atoms with Crippen LogP contribution in [0.3, 0.4) is 0 Å². The highest BCUT2D eigenvalue weighted by atomic mass is 32.1. The summed E-state index contributed by atoms with van der Waals surface area (Å²) < 4.78 is 5.60. The van der Waals surface area contributed by atoms with Gasteiger partial charge in [0.05, 0.1) is 23.4 Å². The fraction of sp³-hybridized carbons (Fsp3) is 0.364. The Kier molecular flexibility index (Phi) is 5.88. The molecule has 0 bridgehead atoms. The van der Waals surface area contributed by atoms with Crippen LogP contribution in [0, 0.1) is 6.92 Å². The van der Waals surface area contributed by atoms with Gasteiger partial charge in [-0.15, -0.1) is 11.3 Å². The number of amides is 1. The predicted octanol–water partition coefficient (Wildman–Crippen LogP) is 3.99. The fourth-order valence-electron chi connectivity index (χ4n) is 3.71. The first-order valence-corrected chi connectivity index (χ1v) is 10.6. The van der Waals surface area contributed by atoms with Crippen molar-refractivity contribution in [2.45, 2.75) is 26.3 Å². The average Bonchev–Trinajstić information content (AvgIpc) is 3.30. The van der Waals surface area contributed by atoms with Gasteiger partial charge in [0, 0.05) is 43.7 Å². The minimum Gasteiger partial charge on any atom is -0.464 e. The van der Waals surface area contributed by atoms with Gasteiger partial charge >= 0.3 is 0 Å². The largest absolute Gasteiger partial charge is 0.464 e. The van der Waals surface area contributed by atoms with E-state index in [9.17, 15) is 4.79 Å². The van der Waals surface area contributed by atoms with Crippen LogP contribution in [-0.2, 0) is 17.8 Å². The van der Waals surface area contributed by atoms with E-state index in [0.717, 1.165) is 61.2 Å². The van der Waals surface area contributed by atoms with Crippen molar-refractivity contribution < 1.29 is 9.21 Å². The van der Waals surface area contributed by atoms with Gasteiger partial charge in [0.25, 0.3) is 0 Å². The highest BCUT2D eigenvalue weighted by Crippen LogP contribution is 2.25. The summed E-state index contributed by atoms with van der Waals surface area (Å²) in [7, 11) is 0. The van der Waals surface area contributed by atoms with Crippen LogP contribution in [0.25, 0.3) is 11.3 Å². The monoisotopic (exact) mass is 395 g/mol. The molecule has 28 heavy (non-hydrogen) atoms. The third-order valence-corrected chi connectivity index (χ3v) is 5.96. The molecule has 1 aliphatic rings. The standard InChI is InChI=1S/C22H25N3O2S/c1-17-23-19(16-28-17)14-22(26)25-10-5-9-24(11-12-25)15-18-6-2-3-7-20(18)21-8-4-13-27-21/h2-4,6-8,13,16H,5,9-12,14-15H2,1H3. The molecule has 0 N–H and O–H groups in total. The molecular weight excluding hydrogens is 370 g/mol. The van der Waals surface area contributed by atoms with Gasteiger partial charge in [0.15, 0.2) is 0 Å². The maximum atomic E-state index is 12.7. The second kappa shape index (κ2) is 8.71. The molecule has 0 radical (unpaired) electrons. The van der Waals surface area contributed by atoms with Gasteiger partial charge < -0.3 is 9.32 Å². The second-order valence-electron chi connectivity index (χ2n) is 7.18. The minimum absolute atomic E-state index is 0.183. The molecule has 1 aromatic carbocycles. The summed E-state index contributed by atoms with van der Waals surface area (Å²) in [6, 6.07) is 12.3. The maximum Gasteiger partial charge on any atom is 0.228 e. The Bertz CT molecular complexity index is 920. The Hall–Kier alpha value is -2.44. The summed E-state index contributed by atoms with van der Waals surface area (Å²) in [6.07, 6.45) is 3.11. The number of carbonyl (C=O) groups excluding carboxylic acids is 1. The van der Waals surface area contributed by atoms with Crippen molar-refractivity contribution in [1.82, 2.24) is 14.8 Å². The van der Waals surface area contributed by atoms with Crippen molar-refractivity contribution in [3.63, 3.8) is 0 Å². The Morgan fingerprint density at radius 1 is 1.14 bits per heavy atom. The third kappa shape index (κ3) is 4.51. The van der Waals surface area contributed by atoms with Gasteiger partial charge in [-0.25, -0.2) is 4.98 Å². The summed E-state index contributed by atoms with van der Waals surface area (Å²) >= 11 is 1.60. The van der Waals surface area contributed by atoms with Gasteiger partial charge in [-0.2, -0.15) is 0 Å². The first-order valence-electron chi connectivity index (χ1n) is 9.72. The van der Waals surface area contributed by atoms with E-state index in [1.807, 2.05) is 35.4 Å². The van der Waals surface area contributed by atoms with E-state index in [2.05, 4.69) is 28.1 Å². The van der Waals surface area contributed by atoms with E-state index in [4.69, 9.17) is 4.42 Å². The molecule has 2 aromatic heterocycles. The van der Waals surface area contributed by atoms with E-state index in [0.29, 0.717) is 6.42 Å². The molecule has 0 saturated carbocycles. The van der Waals surface area contributed by atoms with Crippen molar-refractivity contribution in [2.24, 2.45) is 0 Å². The topological polar surface area (TPSA) is 49.6 Å². The van der Waals surface area contributed by atoms with Gasteiger partial charge in [-0.05, 0) is 31.0 Å². The summed E-state index contributed by atoms with van der Waals surface area (Å²) in [4.78, 5) is 21.5. The zero-order valence-electron chi connectivity index (χ0n) is 16.1. The molecule has 1 saturated heterocycles. The molecule has 1 amide bonds. The lowest BCUT2D eigenvalue weighted by atomic mass is 10.0. The van der Waals surface area contributed by atoms with Crippen molar-refractivity contribution in [3.05, 3.63) is 64.3 Å². The molecule has 0 aliphatic carbocycles. The molecule has 3 heterocycles. The van der Waals surface area contributed by atoms with E-state index in [1.165, 1.54) is 5.56 Å². The van der Waals surface area contributed by atoms with Crippen molar-refractivity contribution in [1.29, 1.82) is 0 Å². The van der Waals surface area contributed by atoms with Gasteiger partial charge in [0.1, 0.15) is 5.76 Å². The van der Waals surface area contributed by atoms with Crippen LogP contribution in [-0.4, -0.2) is 46.9 Å². The summed E-state index contributed by atoms with van der Waals surface area (Å²) in [5, 5.41) is 3.00. The minimum atomic E-state index is 0.183. The number of carbonyl (C=O) groups is 1. The zero-order valence-corrected chi connectivity index (χ0v) is 17.0. The first kappa shape index (κ1) is 18.9. The Labute approximate surface area is 169 Å². The zero-order chi connectivity index (χ0) is 19.3. The Morgan fingerprint density at radius 2 is 2.04 bits per heavy atom. The van der Waals surface area contributed by atoms with Gasteiger partial charge in [0.2, 0.25) is 5.91 Å². The Balaban J connectivity index is 1.38. The van der Waals surface area contributed by atoms with Crippen LogP contribution in [0.4, 0.5) is 0 Å². The number of hydrogen-bond acceptors (Lipinski definition) is 5. The van der Waals surface area contributed by atoms with Crippen LogP contribution >= 0.6 is 11.3 Å². The number of furan rings is 1. The Morgan fingerprint density at radius 3 is 2.82 bits per heavy atom. The van der Waals surface area contributed by atoms with Crippen LogP contribution in [0.15, 0.2) is 52.5 Å². The molecule has 1 fully saturated rings. The smallest absolute Gasteiger partial charge is 0.228 e. The average molecular weight is 396 g/mol. The maximum absolute atomic E-state index is 12.7. The van der Waals surface area contributed by atoms with E-state index in [1.54, 1.807) is 17.6 Å². The van der Waals surface area contributed by atoms with Crippen LogP contribution in [0.5, 0.6) is 0 Å². The summed E-state index contributed by atoms with van der Waals surface area (Å²) in [6.45, 7) is 6.30. The molecule has 0 atom stereocenters. The number of thiazole rings is 1. The molecule has 0 unspecified atom stereocenters. The van der Waals surface area contributed by atoms with Crippen LogP contribution in [0.1, 0.15) is 22.7 Å². The van der Waals surface area contributed by atoms with Crippen molar-refractivity contribution >= 4 is 17.2 Å². The number of rotatable bonds is 5. The summed E-state index contributed by atoms with van der Waals surface area (Å²) in [5.74, 6) is 1.09. The third-order valence-electron chi connectivity index (χ3n) is 5.14. The lowest BCUT2D eigenvalue weighted by molar-refractivity contribution is -0.130. The number of aryl methyl sites for hydroxylation is 1. The number of benzene rings is 1. The van der Waals surface area contributed by atoms with Crippen LogP contribution < -0.4 is 0 Å². The highest BCUT2D eigenvalue weighted by Gasteiger charge is 2.21. The van der Waals surface area contributed by atoms with Gasteiger partial charge in [-0.1, -0.05) is 24.3 Å². The SMILES string of the molecule is Cc1nc(CC(=O)N2CCCN(Cc3ccccc3-c3ccco3)CC2)cs1.